The van der Waals surface area contributed by atoms with Crippen molar-refractivity contribution in [2.75, 3.05) is 13.1 Å². The quantitative estimate of drug-likeness (QED) is 0.646. The Kier molecular flexibility index (Phi) is 4.44. The largest absolute Gasteiger partial charge is 0.297 e. The maximum absolute atomic E-state index is 13.7. The molecule has 3 aromatic rings. The minimum Gasteiger partial charge on any atom is -0.297 e. The van der Waals surface area contributed by atoms with Crippen LogP contribution >= 0.6 is 11.5 Å². The van der Waals surface area contributed by atoms with Crippen LogP contribution in [0.2, 0.25) is 0 Å². The number of nitrogens with one attached hydrogen (secondary N) is 1. The van der Waals surface area contributed by atoms with Crippen molar-refractivity contribution in [3.05, 3.63) is 52.8 Å². The second-order valence-corrected chi connectivity index (χ2v) is 8.48. The first kappa shape index (κ1) is 18.4. The van der Waals surface area contributed by atoms with Gasteiger partial charge in [0.1, 0.15) is 5.82 Å². The molecule has 0 aliphatic carbocycles. The molecule has 0 spiro atoms. The molecular formula is C22H20FN3O2S. The third-order valence-electron chi connectivity index (χ3n) is 5.99. The first-order valence-electron chi connectivity index (χ1n) is 9.86. The van der Waals surface area contributed by atoms with Gasteiger partial charge in [0, 0.05) is 17.0 Å². The van der Waals surface area contributed by atoms with Crippen LogP contribution in [0.5, 0.6) is 0 Å². The highest BCUT2D eigenvalue weighted by molar-refractivity contribution is 7.13. The van der Waals surface area contributed by atoms with Gasteiger partial charge in [0.15, 0.2) is 0 Å². The Morgan fingerprint density at radius 2 is 1.83 bits per heavy atom. The van der Waals surface area contributed by atoms with Crippen molar-refractivity contribution < 1.29 is 14.0 Å². The van der Waals surface area contributed by atoms with E-state index in [0.29, 0.717) is 11.1 Å². The smallest absolute Gasteiger partial charge is 0.259 e. The van der Waals surface area contributed by atoms with Crippen molar-refractivity contribution in [3.63, 3.8) is 0 Å². The summed E-state index contributed by atoms with van der Waals surface area (Å²) in [6.45, 7) is 4.01. The molecular weight excluding hydrogens is 389 g/mol. The molecule has 2 amide bonds. The predicted octanol–water partition coefficient (Wildman–Crippen LogP) is 4.53. The topological polar surface area (TPSA) is 62.3 Å². The van der Waals surface area contributed by atoms with Gasteiger partial charge in [-0.15, -0.1) is 0 Å². The average Bonchev–Trinajstić information content (AvgIpc) is 3.27. The molecule has 1 unspecified atom stereocenters. The SMILES string of the molecule is CC(c1c(-c2nsc3cc(F)ccc23)ccc2c1C(=O)NC2=O)N1CCCCC1. The van der Waals surface area contributed by atoms with E-state index in [2.05, 4.69) is 21.5 Å². The van der Waals surface area contributed by atoms with Crippen LogP contribution in [0.3, 0.4) is 0 Å². The Labute approximate surface area is 171 Å². The number of halogens is 1. The molecule has 3 heterocycles. The van der Waals surface area contributed by atoms with Gasteiger partial charge < -0.3 is 0 Å². The van der Waals surface area contributed by atoms with Gasteiger partial charge in [-0.25, -0.2) is 4.39 Å². The van der Waals surface area contributed by atoms with E-state index in [-0.39, 0.29) is 23.7 Å². The zero-order valence-corrected chi connectivity index (χ0v) is 16.8. The molecule has 1 aromatic heterocycles. The van der Waals surface area contributed by atoms with Crippen LogP contribution in [0, 0.1) is 5.82 Å². The Morgan fingerprint density at radius 3 is 2.62 bits per heavy atom. The number of piperidine rings is 1. The summed E-state index contributed by atoms with van der Waals surface area (Å²) in [4.78, 5) is 27.3. The molecule has 29 heavy (non-hydrogen) atoms. The van der Waals surface area contributed by atoms with Crippen LogP contribution in [0.4, 0.5) is 4.39 Å². The molecule has 1 atom stereocenters. The lowest BCUT2D eigenvalue weighted by molar-refractivity contribution is 0.0878. The van der Waals surface area contributed by atoms with Crippen LogP contribution < -0.4 is 5.32 Å². The first-order chi connectivity index (χ1) is 14.0. The van der Waals surface area contributed by atoms with E-state index >= 15 is 0 Å². The van der Waals surface area contributed by atoms with Gasteiger partial charge in [-0.2, -0.15) is 4.37 Å². The van der Waals surface area contributed by atoms with Gasteiger partial charge in [0.05, 0.1) is 21.5 Å². The lowest BCUT2D eigenvalue weighted by Gasteiger charge is -2.34. The number of benzene rings is 2. The van der Waals surface area contributed by atoms with E-state index in [9.17, 15) is 14.0 Å². The molecule has 1 saturated heterocycles. The zero-order chi connectivity index (χ0) is 20.1. The van der Waals surface area contributed by atoms with Gasteiger partial charge in [-0.05, 0) is 74.2 Å². The molecule has 0 saturated carbocycles. The molecule has 5 nitrogen and oxygen atoms in total. The van der Waals surface area contributed by atoms with Crippen LogP contribution in [0.25, 0.3) is 21.3 Å². The fourth-order valence-electron chi connectivity index (χ4n) is 4.52. The van der Waals surface area contributed by atoms with Gasteiger partial charge in [0.2, 0.25) is 0 Å². The van der Waals surface area contributed by atoms with Crippen molar-refractivity contribution in [2.24, 2.45) is 0 Å². The molecule has 2 aromatic carbocycles. The summed E-state index contributed by atoms with van der Waals surface area (Å²) in [6.07, 6.45) is 3.46. The van der Waals surface area contributed by atoms with Crippen molar-refractivity contribution in [2.45, 2.75) is 32.2 Å². The number of carbonyl (C=O) groups is 2. The lowest BCUT2D eigenvalue weighted by Crippen LogP contribution is -2.33. The van der Waals surface area contributed by atoms with Crippen molar-refractivity contribution in [3.8, 4) is 11.3 Å². The number of imide groups is 1. The van der Waals surface area contributed by atoms with Gasteiger partial charge in [-0.3, -0.25) is 19.8 Å². The van der Waals surface area contributed by atoms with Crippen LogP contribution in [0.15, 0.2) is 30.3 Å². The van der Waals surface area contributed by atoms with Gasteiger partial charge in [-0.1, -0.05) is 12.5 Å². The molecule has 5 rings (SSSR count). The maximum Gasteiger partial charge on any atom is 0.259 e. The fraction of sp³-hybridized carbons (Fsp3) is 0.318. The Hall–Kier alpha value is -2.64. The number of amides is 2. The van der Waals surface area contributed by atoms with Crippen molar-refractivity contribution in [1.82, 2.24) is 14.6 Å². The summed E-state index contributed by atoms with van der Waals surface area (Å²) in [5.41, 5.74) is 3.28. The number of hydrogen-bond acceptors (Lipinski definition) is 5. The zero-order valence-electron chi connectivity index (χ0n) is 16.0. The minimum atomic E-state index is -0.353. The van der Waals surface area contributed by atoms with E-state index in [1.807, 2.05) is 6.07 Å². The molecule has 148 valence electrons. The Bertz CT molecular complexity index is 1150. The Morgan fingerprint density at radius 1 is 1.07 bits per heavy atom. The molecule has 7 heteroatoms. The molecule has 2 aliphatic heterocycles. The predicted molar refractivity (Wildman–Crippen MR) is 111 cm³/mol. The number of likely N-dealkylation sites (tertiary alicyclic amines) is 1. The maximum atomic E-state index is 13.7. The fourth-order valence-corrected chi connectivity index (χ4v) is 5.34. The van der Waals surface area contributed by atoms with E-state index in [1.54, 1.807) is 12.1 Å². The van der Waals surface area contributed by atoms with Gasteiger partial charge in [0.25, 0.3) is 11.8 Å². The number of hydrogen-bond donors (Lipinski definition) is 1. The van der Waals surface area contributed by atoms with Crippen LogP contribution in [-0.4, -0.2) is 34.2 Å². The summed E-state index contributed by atoms with van der Waals surface area (Å²) < 4.78 is 19.0. The van der Waals surface area contributed by atoms with Crippen molar-refractivity contribution >= 4 is 33.4 Å². The number of carbonyl (C=O) groups excluding carboxylic acids is 2. The number of fused-ring (bicyclic) bond motifs is 2. The summed E-state index contributed by atoms with van der Waals surface area (Å²) in [5, 5.41) is 3.29. The summed E-state index contributed by atoms with van der Waals surface area (Å²) in [5.74, 6) is -1.00. The third-order valence-corrected chi connectivity index (χ3v) is 6.80. The van der Waals surface area contributed by atoms with Crippen LogP contribution in [0.1, 0.15) is 58.5 Å². The highest BCUT2D eigenvalue weighted by atomic mass is 32.1. The number of aromatic nitrogens is 1. The minimum absolute atomic E-state index is 0.0332. The second kappa shape index (κ2) is 7.00. The van der Waals surface area contributed by atoms with E-state index < -0.39 is 0 Å². The van der Waals surface area contributed by atoms with Gasteiger partial charge >= 0.3 is 0 Å². The number of rotatable bonds is 3. The average molecular weight is 409 g/mol. The third kappa shape index (κ3) is 2.96. The molecule has 2 aliphatic rings. The van der Waals surface area contributed by atoms with Crippen molar-refractivity contribution in [1.29, 1.82) is 0 Å². The molecule has 1 fully saturated rings. The first-order valence-corrected chi connectivity index (χ1v) is 10.6. The Balaban J connectivity index is 1.74. The van der Waals surface area contributed by atoms with E-state index in [1.165, 1.54) is 30.1 Å². The molecule has 0 bridgehead atoms. The summed E-state index contributed by atoms with van der Waals surface area (Å²) in [7, 11) is 0. The van der Waals surface area contributed by atoms with E-state index in [4.69, 9.17) is 0 Å². The summed E-state index contributed by atoms with van der Waals surface area (Å²) in [6, 6.07) is 8.19. The molecule has 1 N–H and O–H groups in total. The lowest BCUT2D eigenvalue weighted by atomic mass is 9.88. The molecule has 0 radical (unpaired) electrons. The standard InChI is InChI=1S/C22H20FN3O2S/c1-12(26-9-3-2-4-10-26)18-15(7-8-16-19(18)22(28)24-21(16)27)20-14-6-5-13(23)11-17(14)29-25-20/h5-8,11-12H,2-4,9-10H2,1H3,(H,24,27,28). The van der Waals surface area contributed by atoms with E-state index in [0.717, 1.165) is 52.8 Å². The highest BCUT2D eigenvalue weighted by Crippen LogP contribution is 2.41. The van der Waals surface area contributed by atoms with Crippen LogP contribution in [-0.2, 0) is 0 Å². The normalized spacial score (nSPS) is 18.1. The second-order valence-electron chi connectivity index (χ2n) is 7.68. The monoisotopic (exact) mass is 409 g/mol. The summed E-state index contributed by atoms with van der Waals surface area (Å²) >= 11 is 1.24. The number of nitrogens with zero attached hydrogens (tertiary/aromatic N) is 2. The highest BCUT2D eigenvalue weighted by Gasteiger charge is 2.35.